The van der Waals surface area contributed by atoms with Crippen molar-refractivity contribution in [1.82, 2.24) is 39.5 Å². The van der Waals surface area contributed by atoms with E-state index in [0.29, 0.717) is 72.3 Å². The summed E-state index contributed by atoms with van der Waals surface area (Å²) in [5.74, 6) is 3.42. The molecule has 4 aromatic carbocycles. The molecule has 6 aromatic rings. The van der Waals surface area contributed by atoms with Crippen molar-refractivity contribution in [2.75, 3.05) is 165 Å². The Hall–Kier alpha value is -5.97. The van der Waals surface area contributed by atoms with E-state index in [-0.39, 0.29) is 31.6 Å². The fraction of sp³-hybridized carbons (Fsp3) is 0.515. The molecular weight excluding hydrogens is 1380 g/mol. The third-order valence-electron chi connectivity index (χ3n) is 17.0. The standard InChI is InChI=1S/C32H44BrN7O4S.C19H32N4O.C13H13BrClN3O3S.2CH4/c1-6-22-18-27(30(44-4)19-28(22)40-12-10-23(11-13-40)39-16-14-38(2)15-17-39)36-32-34-20-25(33)31(37-32)35-26-8-7-9-29(43-3)24(26)21-45(5,41)42;1-4-15-13-17(20)19(24-3)14-18(15)23-7-5-16(6-8-23)22-11-9-21(2)10-12-22;1-21-11-5-3-4-10(8(11)7-22(2,19)20)17-12-9(14)6-16-13(15)18-12;;/h7-9,18-20,23H,6,10-17,21H2,1-5H3,(H2,34,35,36,37);13-14,16H,4-12,20H2,1-3H3;3-6H,7H2,1-2H3,(H,16,17,18);2*1H4. The number of nitrogen functional groups attached to an aromatic ring is 1. The molecule has 4 fully saturated rings. The Balaban J connectivity index is 0.000000241. The van der Waals surface area contributed by atoms with Crippen LogP contribution in [0.5, 0.6) is 23.0 Å². The van der Waals surface area contributed by atoms with Crippen molar-refractivity contribution in [2.45, 2.75) is 90.8 Å². The minimum Gasteiger partial charge on any atom is -0.496 e. The molecule has 27 heteroatoms. The summed E-state index contributed by atoms with van der Waals surface area (Å²) in [6, 6.07) is 20.4. The van der Waals surface area contributed by atoms with Gasteiger partial charge in [-0.3, -0.25) is 9.80 Å². The van der Waals surface area contributed by atoms with Crippen LogP contribution in [0.3, 0.4) is 0 Å². The summed E-state index contributed by atoms with van der Waals surface area (Å²) in [6.07, 6.45) is 12.2. The van der Waals surface area contributed by atoms with Gasteiger partial charge in [-0.25, -0.2) is 26.8 Å². The van der Waals surface area contributed by atoms with Crippen molar-refractivity contribution >= 4 is 115 Å². The molecule has 4 aliphatic heterocycles. The molecule has 0 bridgehead atoms. The van der Waals surface area contributed by atoms with Crippen LogP contribution in [-0.4, -0.2) is 202 Å². The number of nitrogens with two attached hydrogens (primary N) is 1. The minimum absolute atomic E-state index is 0. The lowest BCUT2D eigenvalue weighted by molar-refractivity contribution is 0.0982. The highest BCUT2D eigenvalue weighted by atomic mass is 79.9. The number of piperazine rings is 2. The van der Waals surface area contributed by atoms with Crippen LogP contribution in [0.2, 0.25) is 5.28 Å². The maximum atomic E-state index is 12.2. The molecule has 5 N–H and O–H groups in total. The normalized spacial score (nSPS) is 16.3. The monoisotopic (exact) mass is 1470 g/mol. The Bertz CT molecular complexity index is 3640. The van der Waals surface area contributed by atoms with Crippen molar-refractivity contribution in [2.24, 2.45) is 0 Å². The minimum atomic E-state index is -3.32. The molecule has 4 aliphatic rings. The van der Waals surface area contributed by atoms with E-state index in [2.05, 4.69) is 144 Å². The topological polar surface area (TPSA) is 238 Å². The second kappa shape index (κ2) is 35.1. The van der Waals surface area contributed by atoms with Crippen LogP contribution >= 0.6 is 43.5 Å². The SMILES string of the molecule is C.C.CCc1cc(N)c(OC)cc1N1CCC(N2CCN(C)CC2)CC1.CCc1cc(Nc2ncc(Br)c(Nc3cccc(OC)c3CS(C)(=O)=O)n2)c(OC)cc1N1CCC(N2CCN(C)CC2)CC1.COc1cccc(Nc2nc(Cl)ncc2Br)c1CS(C)(=O)=O. The zero-order valence-electron chi connectivity index (χ0n) is 54.0. The number of ether oxygens (including phenoxy) is 4. The number of nitrogens with one attached hydrogen (secondary N) is 3. The van der Waals surface area contributed by atoms with Gasteiger partial charge in [-0.1, -0.05) is 40.8 Å². The van der Waals surface area contributed by atoms with Crippen molar-refractivity contribution in [3.8, 4) is 23.0 Å². The van der Waals surface area contributed by atoms with Gasteiger partial charge < -0.3 is 60.2 Å². The smallest absolute Gasteiger partial charge is 0.229 e. The van der Waals surface area contributed by atoms with Crippen LogP contribution in [0.4, 0.5) is 51.7 Å². The fourth-order valence-corrected chi connectivity index (χ4v) is 14.4. The van der Waals surface area contributed by atoms with Gasteiger partial charge >= 0.3 is 0 Å². The Labute approximate surface area is 574 Å². The van der Waals surface area contributed by atoms with Gasteiger partial charge in [0.15, 0.2) is 19.7 Å². The third-order valence-corrected chi connectivity index (χ3v) is 20.0. The number of hydrogen-bond acceptors (Lipinski definition) is 22. The van der Waals surface area contributed by atoms with Gasteiger partial charge in [0.2, 0.25) is 11.2 Å². The van der Waals surface area contributed by atoms with Gasteiger partial charge in [0, 0.05) is 162 Å². The van der Waals surface area contributed by atoms with Crippen LogP contribution in [0, 0.1) is 0 Å². The van der Waals surface area contributed by atoms with Gasteiger partial charge in [0.1, 0.15) is 34.6 Å². The summed E-state index contributed by atoms with van der Waals surface area (Å²) in [5, 5.41) is 9.76. The Kier molecular flexibility index (Phi) is 28.7. The van der Waals surface area contributed by atoms with E-state index in [4.69, 9.17) is 41.3 Å². The predicted molar refractivity (Wildman–Crippen MR) is 389 cm³/mol. The van der Waals surface area contributed by atoms with E-state index in [1.807, 2.05) is 0 Å². The number of hydrogen-bond donors (Lipinski definition) is 4. The second-order valence-electron chi connectivity index (χ2n) is 23.4. The average molecular weight is 1470 g/mol. The zero-order chi connectivity index (χ0) is 65.6. The lowest BCUT2D eigenvalue weighted by Gasteiger charge is -2.43. The highest BCUT2D eigenvalue weighted by Crippen LogP contribution is 2.40. The molecule has 93 heavy (non-hydrogen) atoms. The molecule has 4 saturated heterocycles. The summed E-state index contributed by atoms with van der Waals surface area (Å²) >= 11 is 12.6. The van der Waals surface area contributed by atoms with Crippen molar-refractivity contribution in [1.29, 1.82) is 0 Å². The average Bonchev–Trinajstić information content (AvgIpc) is 0.825. The summed E-state index contributed by atoms with van der Waals surface area (Å²) in [5.41, 5.74) is 14.9. The molecule has 22 nitrogen and oxygen atoms in total. The van der Waals surface area contributed by atoms with Gasteiger partial charge in [-0.05, 0) is 144 Å². The van der Waals surface area contributed by atoms with E-state index in [9.17, 15) is 16.8 Å². The Morgan fingerprint density at radius 1 is 0.548 bits per heavy atom. The number of sulfone groups is 2. The van der Waals surface area contributed by atoms with E-state index in [1.54, 1.807) is 56.8 Å². The van der Waals surface area contributed by atoms with Crippen LogP contribution in [-0.2, 0) is 44.0 Å². The first-order valence-corrected chi connectivity index (χ1v) is 36.8. The van der Waals surface area contributed by atoms with E-state index in [1.165, 1.54) is 94.5 Å². The lowest BCUT2D eigenvalue weighted by Crippen LogP contribution is -2.52. The second-order valence-corrected chi connectivity index (χ2v) is 29.8. The van der Waals surface area contributed by atoms with Crippen molar-refractivity contribution < 1.29 is 35.8 Å². The van der Waals surface area contributed by atoms with Crippen molar-refractivity contribution in [3.05, 3.63) is 110 Å². The van der Waals surface area contributed by atoms with Crippen LogP contribution in [0.25, 0.3) is 0 Å². The van der Waals surface area contributed by atoms with Crippen LogP contribution in [0.1, 0.15) is 76.6 Å². The highest BCUT2D eigenvalue weighted by molar-refractivity contribution is 9.11. The first-order valence-electron chi connectivity index (χ1n) is 30.7. The van der Waals surface area contributed by atoms with E-state index in [0.717, 1.165) is 101 Å². The molecule has 0 spiro atoms. The molecule has 0 saturated carbocycles. The number of nitrogens with zero attached hydrogens (tertiary/aromatic N) is 10. The zero-order valence-corrected chi connectivity index (χ0v) is 59.6. The molecule has 2 aromatic heterocycles. The summed E-state index contributed by atoms with van der Waals surface area (Å²) in [4.78, 5) is 32.3. The largest absolute Gasteiger partial charge is 0.496 e. The first kappa shape index (κ1) is 76.1. The van der Waals surface area contributed by atoms with E-state index >= 15 is 0 Å². The summed E-state index contributed by atoms with van der Waals surface area (Å²) in [6.45, 7) is 18.1. The lowest BCUT2D eigenvalue weighted by atomic mass is 9.99. The maximum Gasteiger partial charge on any atom is 0.229 e. The number of anilines is 9. The first-order chi connectivity index (χ1) is 43.5. The quantitative estimate of drug-likeness (QED) is 0.0410. The Morgan fingerprint density at radius 3 is 1.38 bits per heavy atom. The number of aromatic nitrogens is 4. The maximum absolute atomic E-state index is 12.2. The number of halogens is 3. The Morgan fingerprint density at radius 2 is 0.957 bits per heavy atom. The number of methoxy groups -OCH3 is 4. The number of piperidine rings is 2. The molecule has 6 heterocycles. The number of benzene rings is 4. The van der Waals surface area contributed by atoms with Crippen molar-refractivity contribution in [3.63, 3.8) is 0 Å². The molecule has 0 radical (unpaired) electrons. The van der Waals surface area contributed by atoms with Gasteiger partial charge in [0.25, 0.3) is 0 Å². The number of aryl methyl sites for hydroxylation is 2. The molecular formula is C66H97Br2ClN14O8S2. The molecule has 0 aliphatic carbocycles. The third kappa shape index (κ3) is 21.0. The van der Waals surface area contributed by atoms with Crippen LogP contribution in [0.15, 0.2) is 82.0 Å². The predicted octanol–water partition coefficient (Wildman–Crippen LogP) is 11.6. The molecule has 10 rings (SSSR count). The molecule has 0 amide bonds. The van der Waals surface area contributed by atoms with E-state index < -0.39 is 19.7 Å². The molecule has 0 unspecified atom stereocenters. The molecule has 512 valence electrons. The van der Waals surface area contributed by atoms with Crippen LogP contribution < -0.4 is 50.4 Å². The fourth-order valence-electron chi connectivity index (χ4n) is 12.1. The van der Waals surface area contributed by atoms with Gasteiger partial charge in [-0.15, -0.1) is 0 Å². The van der Waals surface area contributed by atoms with Gasteiger partial charge in [0.05, 0.1) is 60.3 Å². The summed E-state index contributed by atoms with van der Waals surface area (Å²) in [7, 11) is 4.26. The number of likely N-dealkylation sites (N-methyl/N-ethyl adjacent to an activating group) is 2. The highest BCUT2D eigenvalue weighted by Gasteiger charge is 2.30. The number of rotatable bonds is 20. The molecule has 0 atom stereocenters. The summed E-state index contributed by atoms with van der Waals surface area (Å²) < 4.78 is 70.9. The van der Waals surface area contributed by atoms with Gasteiger partial charge in [-0.2, -0.15) is 9.97 Å².